The molecule has 0 aliphatic heterocycles. The molecule has 7 heteroatoms. The first-order valence-corrected chi connectivity index (χ1v) is 6.30. The van der Waals surface area contributed by atoms with Crippen LogP contribution in [0.5, 0.6) is 0 Å². The molecule has 0 spiro atoms. The van der Waals surface area contributed by atoms with Crippen molar-refractivity contribution in [1.82, 2.24) is 9.78 Å². The average Bonchev–Trinajstić information content (AvgIpc) is 2.82. The van der Waals surface area contributed by atoms with Gasteiger partial charge in [-0.25, -0.2) is 0 Å². The van der Waals surface area contributed by atoms with Gasteiger partial charge in [-0.2, -0.15) is 5.10 Å². The molecule has 2 aromatic rings. The number of nitrogens with zero attached hydrogens (tertiary/aromatic N) is 3. The third-order valence-electron chi connectivity index (χ3n) is 2.83. The minimum atomic E-state index is -0.525. The molecule has 0 N–H and O–H groups in total. The lowest BCUT2D eigenvalue weighted by Crippen LogP contribution is -2.00. The Kier molecular flexibility index (Phi) is 3.85. The molecule has 20 heavy (non-hydrogen) atoms. The molecule has 104 valence electrons. The zero-order chi connectivity index (χ0) is 14.9. The Hall–Kier alpha value is -2.21. The maximum atomic E-state index is 11.1. The van der Waals surface area contributed by atoms with Crippen molar-refractivity contribution >= 4 is 23.6 Å². The molecule has 0 unspecified atom stereocenters. The SMILES string of the molecule is CC(C)n1cc(C=O)c(-c2ccc([N+](=O)[O-])cc2Cl)n1. The van der Waals surface area contributed by atoms with Crippen LogP contribution < -0.4 is 0 Å². The number of aromatic nitrogens is 2. The fourth-order valence-electron chi connectivity index (χ4n) is 1.78. The summed E-state index contributed by atoms with van der Waals surface area (Å²) >= 11 is 6.06. The van der Waals surface area contributed by atoms with Gasteiger partial charge in [-0.1, -0.05) is 11.6 Å². The van der Waals surface area contributed by atoms with Gasteiger partial charge in [0.25, 0.3) is 5.69 Å². The van der Waals surface area contributed by atoms with Gasteiger partial charge in [0.05, 0.1) is 15.5 Å². The average molecular weight is 294 g/mol. The standard InChI is InChI=1S/C13H12ClN3O3/c1-8(2)16-6-9(7-18)13(15-16)11-4-3-10(17(19)20)5-12(11)14/h3-8H,1-2H3. The van der Waals surface area contributed by atoms with E-state index in [0.717, 1.165) is 0 Å². The van der Waals surface area contributed by atoms with Crippen molar-refractivity contribution in [3.63, 3.8) is 0 Å². The lowest BCUT2D eigenvalue weighted by Gasteiger charge is -2.04. The van der Waals surface area contributed by atoms with E-state index >= 15 is 0 Å². The molecule has 0 saturated carbocycles. The quantitative estimate of drug-likeness (QED) is 0.491. The molecule has 1 aromatic heterocycles. The van der Waals surface area contributed by atoms with Crippen molar-refractivity contribution < 1.29 is 9.72 Å². The van der Waals surface area contributed by atoms with Crippen LogP contribution in [-0.4, -0.2) is 21.0 Å². The van der Waals surface area contributed by atoms with Crippen LogP contribution in [0, 0.1) is 10.1 Å². The smallest absolute Gasteiger partial charge is 0.270 e. The molecular weight excluding hydrogens is 282 g/mol. The minimum absolute atomic E-state index is 0.0965. The Bertz CT molecular complexity index is 679. The maximum absolute atomic E-state index is 11.1. The Morgan fingerprint density at radius 3 is 2.65 bits per heavy atom. The fraction of sp³-hybridized carbons (Fsp3) is 0.231. The topological polar surface area (TPSA) is 78.0 Å². The molecule has 0 saturated heterocycles. The van der Waals surface area contributed by atoms with Gasteiger partial charge in [-0.05, 0) is 19.9 Å². The summed E-state index contributed by atoms with van der Waals surface area (Å²) in [6.07, 6.45) is 2.32. The van der Waals surface area contributed by atoms with E-state index in [1.165, 1.54) is 18.2 Å². The number of carbonyl (C=O) groups excluding carboxylic acids is 1. The fourth-order valence-corrected chi connectivity index (χ4v) is 2.04. The molecule has 0 radical (unpaired) electrons. The second-order valence-electron chi connectivity index (χ2n) is 4.55. The highest BCUT2D eigenvalue weighted by molar-refractivity contribution is 6.33. The highest BCUT2D eigenvalue weighted by atomic mass is 35.5. The number of rotatable bonds is 4. The zero-order valence-corrected chi connectivity index (χ0v) is 11.7. The monoisotopic (exact) mass is 293 g/mol. The van der Waals surface area contributed by atoms with Gasteiger partial charge >= 0.3 is 0 Å². The molecule has 6 nitrogen and oxygen atoms in total. The van der Waals surface area contributed by atoms with E-state index in [-0.39, 0.29) is 16.8 Å². The Labute approximate surface area is 120 Å². The van der Waals surface area contributed by atoms with Crippen molar-refractivity contribution in [3.8, 4) is 11.3 Å². The molecule has 1 heterocycles. The van der Waals surface area contributed by atoms with Crippen LogP contribution in [0.25, 0.3) is 11.3 Å². The summed E-state index contributed by atoms with van der Waals surface area (Å²) in [5.41, 5.74) is 1.22. The predicted molar refractivity (Wildman–Crippen MR) is 75.1 cm³/mol. The summed E-state index contributed by atoms with van der Waals surface area (Å²) in [4.78, 5) is 21.3. The highest BCUT2D eigenvalue weighted by Crippen LogP contribution is 2.32. The lowest BCUT2D eigenvalue weighted by molar-refractivity contribution is -0.384. The molecular formula is C13H12ClN3O3. The Balaban J connectivity index is 2.56. The first kappa shape index (κ1) is 14.2. The van der Waals surface area contributed by atoms with Crippen LogP contribution in [0.1, 0.15) is 30.2 Å². The van der Waals surface area contributed by atoms with Crippen LogP contribution in [-0.2, 0) is 0 Å². The van der Waals surface area contributed by atoms with E-state index in [1.54, 1.807) is 10.9 Å². The number of nitro benzene ring substituents is 1. The summed E-state index contributed by atoms with van der Waals surface area (Å²) in [6.45, 7) is 3.87. The van der Waals surface area contributed by atoms with Gasteiger partial charge < -0.3 is 0 Å². The second kappa shape index (κ2) is 5.42. The van der Waals surface area contributed by atoms with Gasteiger partial charge in [-0.3, -0.25) is 19.6 Å². The van der Waals surface area contributed by atoms with E-state index in [4.69, 9.17) is 11.6 Å². The number of carbonyl (C=O) groups is 1. The molecule has 0 atom stereocenters. The Morgan fingerprint density at radius 1 is 1.45 bits per heavy atom. The highest BCUT2D eigenvalue weighted by Gasteiger charge is 2.17. The summed E-state index contributed by atoms with van der Waals surface area (Å²) in [6, 6.07) is 4.18. The third-order valence-corrected chi connectivity index (χ3v) is 3.15. The summed E-state index contributed by atoms with van der Waals surface area (Å²) in [5.74, 6) is 0. The second-order valence-corrected chi connectivity index (χ2v) is 4.95. The van der Waals surface area contributed by atoms with Crippen LogP contribution in [0.2, 0.25) is 5.02 Å². The van der Waals surface area contributed by atoms with Gasteiger partial charge in [-0.15, -0.1) is 0 Å². The summed E-state index contributed by atoms with van der Waals surface area (Å²) < 4.78 is 1.65. The number of hydrogen-bond acceptors (Lipinski definition) is 4. The van der Waals surface area contributed by atoms with Crippen LogP contribution >= 0.6 is 11.6 Å². The zero-order valence-electron chi connectivity index (χ0n) is 10.9. The number of non-ortho nitro benzene ring substituents is 1. The maximum Gasteiger partial charge on any atom is 0.270 e. The largest absolute Gasteiger partial charge is 0.298 e. The predicted octanol–water partition coefficient (Wildman–Crippen LogP) is 3.51. The van der Waals surface area contributed by atoms with E-state index < -0.39 is 4.92 Å². The van der Waals surface area contributed by atoms with Gasteiger partial charge in [0.15, 0.2) is 6.29 Å². The number of nitro groups is 1. The van der Waals surface area contributed by atoms with Gasteiger partial charge in [0.2, 0.25) is 0 Å². The molecule has 2 rings (SSSR count). The first-order valence-electron chi connectivity index (χ1n) is 5.92. The molecule has 0 amide bonds. The molecule has 0 aliphatic carbocycles. The van der Waals surface area contributed by atoms with Crippen molar-refractivity contribution in [1.29, 1.82) is 0 Å². The summed E-state index contributed by atoms with van der Waals surface area (Å²) in [7, 11) is 0. The lowest BCUT2D eigenvalue weighted by atomic mass is 10.1. The summed E-state index contributed by atoms with van der Waals surface area (Å²) in [5, 5.41) is 15.2. The third kappa shape index (κ3) is 2.55. The normalized spacial score (nSPS) is 10.8. The molecule has 0 fully saturated rings. The number of hydrogen-bond donors (Lipinski definition) is 0. The van der Waals surface area contributed by atoms with Crippen LogP contribution in [0.15, 0.2) is 24.4 Å². The van der Waals surface area contributed by atoms with Crippen LogP contribution in [0.4, 0.5) is 5.69 Å². The van der Waals surface area contributed by atoms with Crippen molar-refractivity contribution in [2.75, 3.05) is 0 Å². The van der Waals surface area contributed by atoms with E-state index in [2.05, 4.69) is 5.10 Å². The first-order chi connectivity index (χ1) is 9.43. The van der Waals surface area contributed by atoms with Crippen LogP contribution in [0.3, 0.4) is 0 Å². The number of benzene rings is 1. The number of aldehydes is 1. The van der Waals surface area contributed by atoms with Gasteiger partial charge in [0, 0.05) is 29.9 Å². The van der Waals surface area contributed by atoms with E-state index in [9.17, 15) is 14.9 Å². The Morgan fingerprint density at radius 2 is 2.15 bits per heavy atom. The van der Waals surface area contributed by atoms with Gasteiger partial charge in [0.1, 0.15) is 5.69 Å². The minimum Gasteiger partial charge on any atom is -0.298 e. The van der Waals surface area contributed by atoms with E-state index in [1.807, 2.05) is 13.8 Å². The van der Waals surface area contributed by atoms with Crippen molar-refractivity contribution in [2.45, 2.75) is 19.9 Å². The van der Waals surface area contributed by atoms with Crippen molar-refractivity contribution in [3.05, 3.63) is 45.1 Å². The van der Waals surface area contributed by atoms with Crippen molar-refractivity contribution in [2.24, 2.45) is 0 Å². The number of halogens is 1. The molecule has 1 aromatic carbocycles. The molecule has 0 bridgehead atoms. The van der Waals surface area contributed by atoms with E-state index in [0.29, 0.717) is 23.1 Å². The molecule has 0 aliphatic rings.